The molecule has 98 valence electrons. The van der Waals surface area contributed by atoms with E-state index < -0.39 is 22.8 Å². The molecule has 4 nitrogen and oxygen atoms in total. The highest BCUT2D eigenvalue weighted by atomic mass is 16.4. The molecule has 0 bridgehead atoms. The van der Waals surface area contributed by atoms with E-state index in [4.69, 9.17) is 0 Å². The third-order valence-corrected chi connectivity index (χ3v) is 4.65. The Morgan fingerprint density at radius 2 is 1.53 bits per heavy atom. The zero-order valence-corrected chi connectivity index (χ0v) is 10.7. The topological polar surface area (TPSA) is 74.6 Å². The van der Waals surface area contributed by atoms with Gasteiger partial charge in [-0.05, 0) is 31.1 Å². The molecule has 0 atom stereocenters. The van der Waals surface area contributed by atoms with Gasteiger partial charge in [-0.25, -0.2) is 0 Å². The standard InChI is InChI=1S/C13H22O4/c1-3-12(8-6-5-7-9-12)13(4-2,10(14)15)11(16)17/h3-9H2,1-2H3,(H,14,15)(H,16,17). The highest BCUT2D eigenvalue weighted by molar-refractivity contribution is 5.99. The molecule has 1 aliphatic rings. The summed E-state index contributed by atoms with van der Waals surface area (Å²) < 4.78 is 0. The third-order valence-electron chi connectivity index (χ3n) is 4.65. The fourth-order valence-electron chi connectivity index (χ4n) is 3.53. The molecule has 0 aromatic heterocycles. The predicted molar refractivity (Wildman–Crippen MR) is 63.8 cm³/mol. The molecule has 0 aromatic carbocycles. The first-order chi connectivity index (χ1) is 7.97. The van der Waals surface area contributed by atoms with Crippen LogP contribution < -0.4 is 0 Å². The summed E-state index contributed by atoms with van der Waals surface area (Å²) in [7, 11) is 0. The quantitative estimate of drug-likeness (QED) is 0.727. The summed E-state index contributed by atoms with van der Waals surface area (Å²) in [5.41, 5.74) is -2.18. The Morgan fingerprint density at radius 1 is 1.06 bits per heavy atom. The van der Waals surface area contributed by atoms with Crippen LogP contribution in [0, 0.1) is 10.8 Å². The molecule has 0 heterocycles. The molecular formula is C13H22O4. The molecule has 0 aromatic rings. The SMILES string of the molecule is CCC1(C(CC)(C(=O)O)C(=O)O)CCCCC1. The fraction of sp³-hybridized carbons (Fsp3) is 0.846. The van der Waals surface area contributed by atoms with Crippen molar-refractivity contribution in [3.63, 3.8) is 0 Å². The predicted octanol–water partition coefficient (Wildman–Crippen LogP) is 2.91. The molecule has 0 unspecified atom stereocenters. The zero-order valence-electron chi connectivity index (χ0n) is 10.7. The van der Waals surface area contributed by atoms with Gasteiger partial charge in [-0.15, -0.1) is 0 Å². The lowest BCUT2D eigenvalue weighted by Gasteiger charge is -2.47. The van der Waals surface area contributed by atoms with Crippen LogP contribution in [0.1, 0.15) is 58.8 Å². The van der Waals surface area contributed by atoms with Crippen molar-refractivity contribution in [3.8, 4) is 0 Å². The van der Waals surface area contributed by atoms with Gasteiger partial charge in [0.1, 0.15) is 0 Å². The van der Waals surface area contributed by atoms with Gasteiger partial charge in [-0.2, -0.15) is 0 Å². The Hall–Kier alpha value is -1.06. The molecule has 0 aliphatic heterocycles. The van der Waals surface area contributed by atoms with Gasteiger partial charge >= 0.3 is 11.9 Å². The van der Waals surface area contributed by atoms with Crippen molar-refractivity contribution in [2.75, 3.05) is 0 Å². The van der Waals surface area contributed by atoms with Gasteiger partial charge < -0.3 is 10.2 Å². The molecule has 2 N–H and O–H groups in total. The summed E-state index contributed by atoms with van der Waals surface area (Å²) in [5.74, 6) is -2.34. The van der Waals surface area contributed by atoms with Crippen LogP contribution in [0.15, 0.2) is 0 Å². The van der Waals surface area contributed by atoms with Crippen molar-refractivity contribution in [1.29, 1.82) is 0 Å². The van der Waals surface area contributed by atoms with Crippen LogP contribution in [0.4, 0.5) is 0 Å². The van der Waals surface area contributed by atoms with E-state index in [1.54, 1.807) is 6.92 Å². The van der Waals surface area contributed by atoms with Crippen molar-refractivity contribution >= 4 is 11.9 Å². The minimum absolute atomic E-state index is 0.158. The average Bonchev–Trinajstić information content (AvgIpc) is 2.30. The lowest BCUT2D eigenvalue weighted by molar-refractivity contribution is -0.180. The van der Waals surface area contributed by atoms with Gasteiger partial charge in [-0.1, -0.05) is 33.1 Å². The maximum absolute atomic E-state index is 11.6. The van der Waals surface area contributed by atoms with Crippen LogP contribution in [-0.4, -0.2) is 22.2 Å². The fourth-order valence-corrected chi connectivity index (χ4v) is 3.53. The van der Waals surface area contributed by atoms with Crippen molar-refractivity contribution in [3.05, 3.63) is 0 Å². The largest absolute Gasteiger partial charge is 0.480 e. The zero-order chi connectivity index (χ0) is 13.1. The normalized spacial score (nSPS) is 19.9. The van der Waals surface area contributed by atoms with Crippen LogP contribution in [-0.2, 0) is 9.59 Å². The summed E-state index contributed by atoms with van der Waals surface area (Å²) in [4.78, 5) is 23.2. The van der Waals surface area contributed by atoms with E-state index in [9.17, 15) is 19.8 Å². The second kappa shape index (κ2) is 5.07. The monoisotopic (exact) mass is 242 g/mol. The Balaban J connectivity index is 3.27. The number of rotatable bonds is 5. The van der Waals surface area contributed by atoms with Crippen LogP contribution in [0.2, 0.25) is 0 Å². The van der Waals surface area contributed by atoms with Crippen molar-refractivity contribution in [1.82, 2.24) is 0 Å². The van der Waals surface area contributed by atoms with Crippen molar-refractivity contribution in [2.45, 2.75) is 58.8 Å². The van der Waals surface area contributed by atoms with E-state index in [0.717, 1.165) is 32.1 Å². The van der Waals surface area contributed by atoms with E-state index in [0.29, 0.717) is 6.42 Å². The third kappa shape index (κ3) is 1.94. The molecule has 4 heteroatoms. The van der Waals surface area contributed by atoms with E-state index in [2.05, 4.69) is 0 Å². The van der Waals surface area contributed by atoms with Gasteiger partial charge in [0.25, 0.3) is 0 Å². The Kier molecular flexibility index (Phi) is 4.17. The van der Waals surface area contributed by atoms with Crippen LogP contribution in [0.25, 0.3) is 0 Å². The number of carboxylic acid groups (broad SMARTS) is 2. The number of hydrogen-bond acceptors (Lipinski definition) is 2. The number of hydrogen-bond donors (Lipinski definition) is 2. The molecule has 0 amide bonds. The second-order valence-corrected chi connectivity index (χ2v) is 5.06. The van der Waals surface area contributed by atoms with Crippen LogP contribution in [0.5, 0.6) is 0 Å². The van der Waals surface area contributed by atoms with Gasteiger partial charge in [0, 0.05) is 0 Å². The minimum atomic E-state index is -1.61. The number of carboxylic acids is 2. The Bertz CT molecular complexity index is 289. The van der Waals surface area contributed by atoms with E-state index in [1.807, 2.05) is 6.92 Å². The molecule has 0 spiro atoms. The first-order valence-electron chi connectivity index (χ1n) is 6.43. The van der Waals surface area contributed by atoms with Crippen molar-refractivity contribution < 1.29 is 19.8 Å². The Labute approximate surface area is 102 Å². The summed E-state index contributed by atoms with van der Waals surface area (Å²) in [6.07, 6.45) is 5.18. The minimum Gasteiger partial charge on any atom is -0.480 e. The molecular weight excluding hydrogens is 220 g/mol. The van der Waals surface area contributed by atoms with E-state index in [1.165, 1.54) is 0 Å². The first kappa shape index (κ1) is 14.0. The molecule has 0 radical (unpaired) electrons. The molecule has 1 aliphatic carbocycles. The lowest BCUT2D eigenvalue weighted by Crippen LogP contribution is -2.53. The van der Waals surface area contributed by atoms with E-state index >= 15 is 0 Å². The second-order valence-electron chi connectivity index (χ2n) is 5.06. The van der Waals surface area contributed by atoms with Gasteiger partial charge in [-0.3, -0.25) is 9.59 Å². The highest BCUT2D eigenvalue weighted by Gasteiger charge is 2.59. The van der Waals surface area contributed by atoms with Crippen LogP contribution in [0.3, 0.4) is 0 Å². The number of aliphatic carboxylic acids is 2. The summed E-state index contributed by atoms with van der Waals surface area (Å²) in [6, 6.07) is 0. The summed E-state index contributed by atoms with van der Waals surface area (Å²) >= 11 is 0. The van der Waals surface area contributed by atoms with Gasteiger partial charge in [0.05, 0.1) is 0 Å². The smallest absolute Gasteiger partial charge is 0.321 e. The first-order valence-corrected chi connectivity index (χ1v) is 6.43. The number of carbonyl (C=O) groups is 2. The average molecular weight is 242 g/mol. The summed E-state index contributed by atoms with van der Waals surface area (Å²) in [5, 5.41) is 18.9. The van der Waals surface area contributed by atoms with Gasteiger partial charge in [0.15, 0.2) is 5.41 Å². The molecule has 1 saturated carbocycles. The van der Waals surface area contributed by atoms with Gasteiger partial charge in [0.2, 0.25) is 0 Å². The molecule has 17 heavy (non-hydrogen) atoms. The molecule has 0 saturated heterocycles. The lowest BCUT2D eigenvalue weighted by atomic mass is 9.54. The van der Waals surface area contributed by atoms with Crippen LogP contribution >= 0.6 is 0 Å². The molecule has 1 fully saturated rings. The Morgan fingerprint density at radius 3 is 1.82 bits per heavy atom. The summed E-state index contributed by atoms with van der Waals surface area (Å²) in [6.45, 7) is 3.59. The maximum Gasteiger partial charge on any atom is 0.321 e. The van der Waals surface area contributed by atoms with E-state index in [-0.39, 0.29) is 6.42 Å². The van der Waals surface area contributed by atoms with Crippen molar-refractivity contribution in [2.24, 2.45) is 10.8 Å². The maximum atomic E-state index is 11.6. The highest BCUT2D eigenvalue weighted by Crippen LogP contribution is 2.54. The molecule has 1 rings (SSSR count).